The number of piperidine rings is 1. The summed E-state index contributed by atoms with van der Waals surface area (Å²) in [4.78, 5) is 29.3. The van der Waals surface area contributed by atoms with Crippen LogP contribution in [0.2, 0.25) is 0 Å². The summed E-state index contributed by atoms with van der Waals surface area (Å²) >= 11 is 1.74. The molecule has 4 rings (SSSR count). The molecular formula is C26H34N2O2S. The number of hydrogen-bond acceptors (Lipinski definition) is 3. The number of nitrogens with zero attached hydrogens (tertiary/aromatic N) is 1. The third kappa shape index (κ3) is 5.20. The first-order valence-electron chi connectivity index (χ1n) is 11.8. The normalized spacial score (nSPS) is 18.8. The molecule has 0 spiro atoms. The van der Waals surface area contributed by atoms with E-state index in [9.17, 15) is 9.59 Å². The van der Waals surface area contributed by atoms with Gasteiger partial charge in [0, 0.05) is 30.9 Å². The van der Waals surface area contributed by atoms with Gasteiger partial charge in [-0.2, -0.15) is 0 Å². The fourth-order valence-corrected chi connectivity index (χ4v) is 6.00. The highest BCUT2D eigenvalue weighted by atomic mass is 32.1. The summed E-state index contributed by atoms with van der Waals surface area (Å²) in [6, 6.07) is 12.8. The van der Waals surface area contributed by atoms with Crippen LogP contribution in [0.15, 0.2) is 41.8 Å². The second-order valence-electron chi connectivity index (χ2n) is 9.23. The fourth-order valence-electron chi connectivity index (χ4n) is 5.27. The first-order valence-corrected chi connectivity index (χ1v) is 12.7. The smallest absolute Gasteiger partial charge is 0.226 e. The zero-order valence-electron chi connectivity index (χ0n) is 18.6. The second-order valence-corrected chi connectivity index (χ2v) is 10.2. The Hall–Kier alpha value is -2.14. The lowest BCUT2D eigenvalue weighted by molar-refractivity contribution is -0.141. The fraction of sp³-hybridized carbons (Fsp3) is 0.538. The van der Waals surface area contributed by atoms with Gasteiger partial charge in [-0.25, -0.2) is 0 Å². The summed E-state index contributed by atoms with van der Waals surface area (Å²) in [5, 5.41) is 5.17. The van der Waals surface area contributed by atoms with E-state index in [0.717, 1.165) is 19.3 Å². The molecule has 1 saturated carbocycles. The Morgan fingerprint density at radius 3 is 2.58 bits per heavy atom. The van der Waals surface area contributed by atoms with Crippen LogP contribution in [0.4, 0.5) is 0 Å². The van der Waals surface area contributed by atoms with Gasteiger partial charge in [0.25, 0.3) is 0 Å². The van der Waals surface area contributed by atoms with Gasteiger partial charge >= 0.3 is 0 Å². The third-order valence-electron chi connectivity index (χ3n) is 7.11. The van der Waals surface area contributed by atoms with Crippen molar-refractivity contribution in [2.24, 2.45) is 11.3 Å². The summed E-state index contributed by atoms with van der Waals surface area (Å²) in [6.07, 6.45) is 7.81. The van der Waals surface area contributed by atoms with E-state index in [-0.39, 0.29) is 11.8 Å². The number of thiophene rings is 1. The third-order valence-corrected chi connectivity index (χ3v) is 8.02. The van der Waals surface area contributed by atoms with E-state index >= 15 is 0 Å². The lowest BCUT2D eigenvalue weighted by Gasteiger charge is -2.41. The minimum atomic E-state index is -0.436. The van der Waals surface area contributed by atoms with Crippen LogP contribution in [0.5, 0.6) is 0 Å². The number of carbonyl (C=O) groups excluding carboxylic acids is 2. The van der Waals surface area contributed by atoms with Crippen molar-refractivity contribution in [2.75, 3.05) is 19.6 Å². The zero-order valence-corrected chi connectivity index (χ0v) is 19.4. The molecule has 166 valence electrons. The molecule has 1 aromatic heterocycles. The number of rotatable bonds is 7. The van der Waals surface area contributed by atoms with Crippen molar-refractivity contribution in [1.29, 1.82) is 0 Å². The van der Waals surface area contributed by atoms with Gasteiger partial charge < -0.3 is 10.2 Å². The zero-order chi connectivity index (χ0) is 21.7. The highest BCUT2D eigenvalue weighted by molar-refractivity contribution is 7.13. The molecule has 0 atom stereocenters. The van der Waals surface area contributed by atoms with E-state index in [4.69, 9.17) is 0 Å². The molecule has 4 nitrogen and oxygen atoms in total. The SMILES string of the molecule is CCNC(=O)C1(Cc2cccc(-c3cccs3)c2)CCN(C(=O)CC2CCCC2)CC1. The van der Waals surface area contributed by atoms with Crippen LogP contribution < -0.4 is 5.32 Å². The van der Waals surface area contributed by atoms with Crippen LogP contribution in [0.1, 0.15) is 57.4 Å². The summed E-state index contributed by atoms with van der Waals surface area (Å²) in [5.41, 5.74) is 1.97. The average Bonchev–Trinajstić information content (AvgIpc) is 3.49. The topological polar surface area (TPSA) is 49.4 Å². The molecule has 2 aliphatic rings. The highest BCUT2D eigenvalue weighted by Gasteiger charge is 2.42. The molecular weight excluding hydrogens is 404 g/mol. The minimum absolute atomic E-state index is 0.138. The standard InChI is InChI=1S/C26H34N2O2S/c1-2-27-25(30)26(19-21-9-5-10-22(17-21)23-11-6-16-31-23)12-14-28(15-13-26)24(29)18-20-7-3-4-8-20/h5-6,9-11,16-17,20H,2-4,7-8,12-15,18-19H2,1H3,(H,27,30). The largest absolute Gasteiger partial charge is 0.356 e. The lowest BCUT2D eigenvalue weighted by Crippen LogP contribution is -2.51. The van der Waals surface area contributed by atoms with Crippen molar-refractivity contribution in [3.8, 4) is 10.4 Å². The second kappa shape index (κ2) is 9.99. The van der Waals surface area contributed by atoms with Gasteiger partial charge in [0.05, 0.1) is 5.41 Å². The van der Waals surface area contributed by atoms with Gasteiger partial charge in [0.15, 0.2) is 0 Å². The van der Waals surface area contributed by atoms with Crippen LogP contribution in [0, 0.1) is 11.3 Å². The molecule has 2 fully saturated rings. The average molecular weight is 439 g/mol. The highest BCUT2D eigenvalue weighted by Crippen LogP contribution is 2.37. The molecule has 1 aliphatic heterocycles. The summed E-state index contributed by atoms with van der Waals surface area (Å²) in [5.74, 6) is 0.998. The monoisotopic (exact) mass is 438 g/mol. The molecule has 31 heavy (non-hydrogen) atoms. The first kappa shape index (κ1) is 22.1. The lowest BCUT2D eigenvalue weighted by atomic mass is 9.72. The summed E-state index contributed by atoms with van der Waals surface area (Å²) in [7, 11) is 0. The number of likely N-dealkylation sites (tertiary alicyclic amines) is 1. The number of carbonyl (C=O) groups is 2. The van der Waals surface area contributed by atoms with Crippen molar-refractivity contribution in [3.63, 3.8) is 0 Å². The first-order chi connectivity index (χ1) is 15.1. The maximum atomic E-state index is 13.2. The number of nitrogens with one attached hydrogen (secondary N) is 1. The Labute approximate surface area is 190 Å². The maximum Gasteiger partial charge on any atom is 0.226 e. The van der Waals surface area contributed by atoms with Gasteiger partial charge in [0.1, 0.15) is 0 Å². The van der Waals surface area contributed by atoms with Gasteiger partial charge in [-0.05, 0) is 67.5 Å². The quantitative estimate of drug-likeness (QED) is 0.639. The van der Waals surface area contributed by atoms with E-state index in [2.05, 4.69) is 47.1 Å². The molecule has 2 aromatic rings. The van der Waals surface area contributed by atoms with Gasteiger partial charge in [-0.15, -0.1) is 11.3 Å². The van der Waals surface area contributed by atoms with Crippen molar-refractivity contribution in [3.05, 3.63) is 47.3 Å². The maximum absolute atomic E-state index is 13.2. The van der Waals surface area contributed by atoms with E-state index in [0.29, 0.717) is 32.0 Å². The van der Waals surface area contributed by atoms with Crippen molar-refractivity contribution in [1.82, 2.24) is 10.2 Å². The van der Waals surface area contributed by atoms with Crippen LogP contribution in [0.25, 0.3) is 10.4 Å². The molecule has 0 unspecified atom stereocenters. The van der Waals surface area contributed by atoms with Crippen LogP contribution in [0.3, 0.4) is 0 Å². The Morgan fingerprint density at radius 2 is 1.90 bits per heavy atom. The molecule has 1 aromatic carbocycles. The minimum Gasteiger partial charge on any atom is -0.356 e. The predicted octanol–water partition coefficient (Wildman–Crippen LogP) is 5.28. The molecule has 5 heteroatoms. The summed E-state index contributed by atoms with van der Waals surface area (Å²) < 4.78 is 0. The van der Waals surface area contributed by atoms with Crippen LogP contribution >= 0.6 is 11.3 Å². The molecule has 1 aliphatic carbocycles. The van der Waals surface area contributed by atoms with E-state index in [1.807, 2.05) is 11.8 Å². The predicted molar refractivity (Wildman–Crippen MR) is 127 cm³/mol. The Balaban J connectivity index is 1.46. The molecule has 0 bridgehead atoms. The summed E-state index contributed by atoms with van der Waals surface area (Å²) in [6.45, 7) is 3.99. The van der Waals surface area contributed by atoms with Crippen molar-refractivity contribution < 1.29 is 9.59 Å². The Bertz CT molecular complexity index is 879. The number of amides is 2. The van der Waals surface area contributed by atoms with Crippen LogP contribution in [-0.4, -0.2) is 36.3 Å². The van der Waals surface area contributed by atoms with E-state index in [1.165, 1.54) is 41.7 Å². The van der Waals surface area contributed by atoms with Crippen molar-refractivity contribution in [2.45, 2.75) is 58.3 Å². The molecule has 2 heterocycles. The van der Waals surface area contributed by atoms with Crippen molar-refractivity contribution >= 4 is 23.2 Å². The van der Waals surface area contributed by atoms with E-state index in [1.54, 1.807) is 11.3 Å². The number of benzene rings is 1. The Kier molecular flexibility index (Phi) is 7.11. The molecule has 0 radical (unpaired) electrons. The molecule has 1 N–H and O–H groups in total. The van der Waals surface area contributed by atoms with Crippen LogP contribution in [-0.2, 0) is 16.0 Å². The van der Waals surface area contributed by atoms with Gasteiger partial charge in [0.2, 0.25) is 11.8 Å². The molecule has 2 amide bonds. The van der Waals surface area contributed by atoms with Gasteiger partial charge in [-0.3, -0.25) is 9.59 Å². The molecule has 1 saturated heterocycles. The Morgan fingerprint density at radius 1 is 1.13 bits per heavy atom. The van der Waals surface area contributed by atoms with E-state index < -0.39 is 5.41 Å². The van der Waals surface area contributed by atoms with Gasteiger partial charge in [-0.1, -0.05) is 43.2 Å². The number of hydrogen-bond donors (Lipinski definition) is 1.